The van der Waals surface area contributed by atoms with Gasteiger partial charge in [-0.25, -0.2) is 0 Å². The van der Waals surface area contributed by atoms with Gasteiger partial charge in [-0.3, -0.25) is 0 Å². The summed E-state index contributed by atoms with van der Waals surface area (Å²) in [5.41, 5.74) is 4.26. The Morgan fingerprint density at radius 2 is 1.90 bits per heavy atom. The lowest BCUT2D eigenvalue weighted by atomic mass is 10.1. The lowest BCUT2D eigenvalue weighted by Crippen LogP contribution is -2.23. The standard InChI is InChI=1S/C17H17N3/c18-12-14-6-1-2-7-15(14)13-20-11-5-10-19-16-8-3-4-9-17(16)20/h1-4,6-9,19H,5,10-11,13H2. The van der Waals surface area contributed by atoms with Crippen LogP contribution >= 0.6 is 0 Å². The number of benzene rings is 2. The molecule has 100 valence electrons. The number of anilines is 2. The third-order valence-corrected chi connectivity index (χ3v) is 3.66. The van der Waals surface area contributed by atoms with E-state index in [1.165, 1.54) is 11.4 Å². The first-order valence-corrected chi connectivity index (χ1v) is 6.94. The predicted octanol–water partition coefficient (Wildman–Crippen LogP) is 3.38. The van der Waals surface area contributed by atoms with Crippen LogP contribution < -0.4 is 10.2 Å². The molecular weight excluding hydrogens is 246 g/mol. The zero-order valence-electron chi connectivity index (χ0n) is 11.3. The van der Waals surface area contributed by atoms with E-state index in [1.807, 2.05) is 24.3 Å². The van der Waals surface area contributed by atoms with Crippen LogP contribution in [0.3, 0.4) is 0 Å². The third-order valence-electron chi connectivity index (χ3n) is 3.66. The van der Waals surface area contributed by atoms with Crippen LogP contribution in [0.5, 0.6) is 0 Å². The zero-order chi connectivity index (χ0) is 13.8. The van der Waals surface area contributed by atoms with Gasteiger partial charge in [0, 0.05) is 19.6 Å². The van der Waals surface area contributed by atoms with Crippen LogP contribution in [0.25, 0.3) is 0 Å². The number of rotatable bonds is 2. The quantitative estimate of drug-likeness (QED) is 0.902. The molecule has 3 rings (SSSR count). The summed E-state index contributed by atoms with van der Waals surface area (Å²) < 4.78 is 0. The molecule has 1 heterocycles. The zero-order valence-corrected chi connectivity index (χ0v) is 11.3. The van der Waals surface area contributed by atoms with E-state index in [-0.39, 0.29) is 0 Å². The second-order valence-electron chi connectivity index (χ2n) is 4.99. The molecule has 1 aliphatic rings. The molecule has 1 aliphatic heterocycles. The fraction of sp³-hybridized carbons (Fsp3) is 0.235. The van der Waals surface area contributed by atoms with Gasteiger partial charge in [0.2, 0.25) is 0 Å². The van der Waals surface area contributed by atoms with Crippen LogP contribution in [0, 0.1) is 11.3 Å². The van der Waals surface area contributed by atoms with Crippen molar-refractivity contribution in [3.63, 3.8) is 0 Å². The molecule has 0 spiro atoms. The number of nitrogens with zero attached hydrogens (tertiary/aromatic N) is 2. The Hall–Kier alpha value is -2.47. The van der Waals surface area contributed by atoms with E-state index in [4.69, 9.17) is 0 Å². The lowest BCUT2D eigenvalue weighted by molar-refractivity contribution is 0.763. The van der Waals surface area contributed by atoms with Crippen LogP contribution in [0.2, 0.25) is 0 Å². The predicted molar refractivity (Wildman–Crippen MR) is 81.8 cm³/mol. The largest absolute Gasteiger partial charge is 0.383 e. The Kier molecular flexibility index (Phi) is 3.56. The minimum absolute atomic E-state index is 0.766. The number of nitrogens with one attached hydrogen (secondary N) is 1. The summed E-state index contributed by atoms with van der Waals surface area (Å²) >= 11 is 0. The molecule has 2 aromatic rings. The number of nitriles is 1. The number of para-hydroxylation sites is 2. The molecule has 1 N–H and O–H groups in total. The first-order chi connectivity index (χ1) is 9.88. The van der Waals surface area contributed by atoms with Gasteiger partial charge in [-0.05, 0) is 30.2 Å². The van der Waals surface area contributed by atoms with Crippen molar-refractivity contribution in [2.75, 3.05) is 23.3 Å². The fourth-order valence-electron chi connectivity index (χ4n) is 2.65. The molecule has 0 amide bonds. The van der Waals surface area contributed by atoms with Gasteiger partial charge >= 0.3 is 0 Å². The summed E-state index contributed by atoms with van der Waals surface area (Å²) in [6, 6.07) is 18.5. The molecular formula is C17H17N3. The van der Waals surface area contributed by atoms with Crippen LogP contribution in [0.15, 0.2) is 48.5 Å². The molecule has 3 heteroatoms. The Labute approximate surface area is 119 Å². The first-order valence-electron chi connectivity index (χ1n) is 6.94. The van der Waals surface area contributed by atoms with Crippen molar-refractivity contribution in [1.29, 1.82) is 5.26 Å². The second kappa shape index (κ2) is 5.66. The molecule has 0 aliphatic carbocycles. The van der Waals surface area contributed by atoms with Crippen molar-refractivity contribution < 1.29 is 0 Å². The summed E-state index contributed by atoms with van der Waals surface area (Å²) in [6.07, 6.45) is 1.10. The van der Waals surface area contributed by atoms with Crippen molar-refractivity contribution in [3.8, 4) is 6.07 Å². The third kappa shape index (κ3) is 2.46. The van der Waals surface area contributed by atoms with E-state index in [1.54, 1.807) is 0 Å². The van der Waals surface area contributed by atoms with Crippen molar-refractivity contribution in [2.45, 2.75) is 13.0 Å². The average molecular weight is 263 g/mol. The molecule has 20 heavy (non-hydrogen) atoms. The molecule has 0 radical (unpaired) electrons. The Bertz CT molecular complexity index is 643. The molecule has 0 aromatic heterocycles. The smallest absolute Gasteiger partial charge is 0.0995 e. The Morgan fingerprint density at radius 1 is 1.10 bits per heavy atom. The maximum atomic E-state index is 9.22. The van der Waals surface area contributed by atoms with Crippen LogP contribution in [-0.2, 0) is 6.54 Å². The number of fused-ring (bicyclic) bond motifs is 1. The van der Waals surface area contributed by atoms with Crippen molar-refractivity contribution >= 4 is 11.4 Å². The topological polar surface area (TPSA) is 39.1 Å². The van der Waals surface area contributed by atoms with Gasteiger partial charge in [0.25, 0.3) is 0 Å². The molecule has 0 saturated heterocycles. The highest BCUT2D eigenvalue weighted by atomic mass is 15.2. The minimum atomic E-state index is 0.766. The molecule has 0 unspecified atom stereocenters. The maximum absolute atomic E-state index is 9.22. The van der Waals surface area contributed by atoms with E-state index >= 15 is 0 Å². The molecule has 0 saturated carbocycles. The van der Waals surface area contributed by atoms with Crippen molar-refractivity contribution in [3.05, 3.63) is 59.7 Å². The minimum Gasteiger partial charge on any atom is -0.383 e. The van der Waals surface area contributed by atoms with E-state index in [0.717, 1.165) is 37.2 Å². The van der Waals surface area contributed by atoms with Crippen LogP contribution in [-0.4, -0.2) is 13.1 Å². The van der Waals surface area contributed by atoms with Crippen molar-refractivity contribution in [1.82, 2.24) is 0 Å². The van der Waals surface area contributed by atoms with Gasteiger partial charge in [-0.2, -0.15) is 5.26 Å². The van der Waals surface area contributed by atoms with E-state index < -0.39 is 0 Å². The highest BCUT2D eigenvalue weighted by Crippen LogP contribution is 2.29. The van der Waals surface area contributed by atoms with Gasteiger partial charge in [-0.1, -0.05) is 30.3 Å². The van der Waals surface area contributed by atoms with E-state index in [9.17, 15) is 5.26 Å². The number of hydrogen-bond acceptors (Lipinski definition) is 3. The lowest BCUT2D eigenvalue weighted by Gasteiger charge is -2.25. The summed E-state index contributed by atoms with van der Waals surface area (Å²) in [7, 11) is 0. The molecule has 2 aromatic carbocycles. The summed E-state index contributed by atoms with van der Waals surface area (Å²) in [4.78, 5) is 2.35. The van der Waals surface area contributed by atoms with Gasteiger partial charge in [-0.15, -0.1) is 0 Å². The van der Waals surface area contributed by atoms with Gasteiger partial charge < -0.3 is 10.2 Å². The Balaban J connectivity index is 1.93. The van der Waals surface area contributed by atoms with E-state index in [0.29, 0.717) is 0 Å². The Morgan fingerprint density at radius 3 is 2.80 bits per heavy atom. The average Bonchev–Trinajstić information content (AvgIpc) is 2.71. The van der Waals surface area contributed by atoms with Crippen LogP contribution in [0.1, 0.15) is 17.5 Å². The summed E-state index contributed by atoms with van der Waals surface area (Å²) in [5, 5.41) is 12.7. The monoisotopic (exact) mass is 263 g/mol. The molecule has 0 atom stereocenters. The van der Waals surface area contributed by atoms with Crippen LogP contribution in [0.4, 0.5) is 11.4 Å². The SMILES string of the molecule is N#Cc1ccccc1CN1CCCNc2ccccc21. The molecule has 0 bridgehead atoms. The highest BCUT2D eigenvalue weighted by Gasteiger charge is 2.15. The number of hydrogen-bond donors (Lipinski definition) is 1. The van der Waals surface area contributed by atoms with Crippen molar-refractivity contribution in [2.24, 2.45) is 0 Å². The fourth-order valence-corrected chi connectivity index (χ4v) is 2.65. The highest BCUT2D eigenvalue weighted by molar-refractivity contribution is 5.70. The molecule has 3 nitrogen and oxygen atoms in total. The summed E-state index contributed by atoms with van der Waals surface area (Å²) in [6.45, 7) is 2.78. The van der Waals surface area contributed by atoms with Gasteiger partial charge in [0.1, 0.15) is 0 Å². The molecule has 0 fully saturated rings. The van der Waals surface area contributed by atoms with Gasteiger partial charge in [0.15, 0.2) is 0 Å². The first kappa shape index (κ1) is 12.6. The normalized spacial score (nSPS) is 13.8. The second-order valence-corrected chi connectivity index (χ2v) is 4.99. The summed E-state index contributed by atoms with van der Waals surface area (Å²) in [5.74, 6) is 0. The van der Waals surface area contributed by atoms with E-state index in [2.05, 4.69) is 40.6 Å². The maximum Gasteiger partial charge on any atom is 0.0995 e. The van der Waals surface area contributed by atoms with Gasteiger partial charge in [0.05, 0.1) is 23.0 Å².